The second-order valence-electron chi connectivity index (χ2n) is 4.68. The SMILES string of the molecule is CC1CCCC1NC(=O)C1(C#N)CC1. The van der Waals surface area contributed by atoms with Gasteiger partial charge in [0.25, 0.3) is 0 Å². The summed E-state index contributed by atoms with van der Waals surface area (Å²) in [6.45, 7) is 2.17. The van der Waals surface area contributed by atoms with Crippen molar-refractivity contribution in [1.29, 1.82) is 5.26 Å². The number of nitriles is 1. The number of rotatable bonds is 2. The average Bonchev–Trinajstić information content (AvgIpc) is 2.89. The Balaban J connectivity index is 1.92. The van der Waals surface area contributed by atoms with Crippen molar-refractivity contribution < 1.29 is 4.79 Å². The minimum absolute atomic E-state index is 0.0289. The molecule has 1 amide bonds. The number of nitrogens with zero attached hydrogens (tertiary/aromatic N) is 1. The molecule has 2 saturated carbocycles. The standard InChI is InChI=1S/C11H16N2O/c1-8-3-2-4-9(8)13-10(14)11(7-12)5-6-11/h8-9H,2-6H2,1H3,(H,13,14). The topological polar surface area (TPSA) is 52.9 Å². The molecule has 0 spiro atoms. The van der Waals surface area contributed by atoms with Crippen LogP contribution in [0.1, 0.15) is 39.0 Å². The minimum atomic E-state index is -0.650. The molecule has 3 nitrogen and oxygen atoms in total. The maximum atomic E-state index is 11.7. The molecule has 0 radical (unpaired) electrons. The molecule has 0 bridgehead atoms. The summed E-state index contributed by atoms with van der Waals surface area (Å²) in [7, 11) is 0. The van der Waals surface area contributed by atoms with Crippen LogP contribution in [-0.2, 0) is 4.79 Å². The first-order valence-corrected chi connectivity index (χ1v) is 5.40. The average molecular weight is 192 g/mol. The third-order valence-corrected chi connectivity index (χ3v) is 3.58. The van der Waals surface area contributed by atoms with E-state index in [1.807, 2.05) is 0 Å². The maximum Gasteiger partial charge on any atom is 0.240 e. The van der Waals surface area contributed by atoms with Gasteiger partial charge in [-0.2, -0.15) is 5.26 Å². The Labute approximate surface area is 84.5 Å². The highest BCUT2D eigenvalue weighted by atomic mass is 16.2. The maximum absolute atomic E-state index is 11.7. The van der Waals surface area contributed by atoms with Crippen LogP contribution in [0.15, 0.2) is 0 Å². The Bertz CT molecular complexity index is 288. The largest absolute Gasteiger partial charge is 0.352 e. The molecule has 76 valence electrons. The van der Waals surface area contributed by atoms with Crippen LogP contribution in [0.25, 0.3) is 0 Å². The fourth-order valence-electron chi connectivity index (χ4n) is 2.18. The minimum Gasteiger partial charge on any atom is -0.352 e. The van der Waals surface area contributed by atoms with Gasteiger partial charge in [0.1, 0.15) is 5.41 Å². The van der Waals surface area contributed by atoms with Crippen molar-refractivity contribution in [3.63, 3.8) is 0 Å². The molecule has 2 aliphatic carbocycles. The number of hydrogen-bond acceptors (Lipinski definition) is 2. The van der Waals surface area contributed by atoms with Crippen molar-refractivity contribution in [3.05, 3.63) is 0 Å². The van der Waals surface area contributed by atoms with E-state index in [2.05, 4.69) is 18.3 Å². The van der Waals surface area contributed by atoms with Crippen molar-refractivity contribution in [2.45, 2.75) is 45.1 Å². The highest BCUT2D eigenvalue weighted by Gasteiger charge is 2.51. The molecule has 14 heavy (non-hydrogen) atoms. The number of nitrogens with one attached hydrogen (secondary N) is 1. The quantitative estimate of drug-likeness (QED) is 0.722. The molecule has 0 heterocycles. The molecule has 2 unspecified atom stereocenters. The lowest BCUT2D eigenvalue weighted by Crippen LogP contribution is -2.40. The number of amides is 1. The molecule has 0 aromatic rings. The summed E-state index contributed by atoms with van der Waals surface area (Å²) in [6.07, 6.45) is 4.97. The van der Waals surface area contributed by atoms with Gasteiger partial charge in [-0.15, -0.1) is 0 Å². The van der Waals surface area contributed by atoms with E-state index in [9.17, 15) is 4.79 Å². The number of carbonyl (C=O) groups is 1. The molecule has 3 heteroatoms. The van der Waals surface area contributed by atoms with Crippen molar-refractivity contribution in [2.24, 2.45) is 11.3 Å². The van der Waals surface area contributed by atoms with E-state index in [1.54, 1.807) is 0 Å². The van der Waals surface area contributed by atoms with Gasteiger partial charge in [-0.05, 0) is 31.6 Å². The lowest BCUT2D eigenvalue weighted by molar-refractivity contribution is -0.125. The van der Waals surface area contributed by atoms with Gasteiger partial charge < -0.3 is 5.32 Å². The van der Waals surface area contributed by atoms with E-state index in [0.717, 1.165) is 19.3 Å². The normalized spacial score (nSPS) is 33.4. The smallest absolute Gasteiger partial charge is 0.240 e. The zero-order valence-corrected chi connectivity index (χ0v) is 8.55. The third-order valence-electron chi connectivity index (χ3n) is 3.58. The van der Waals surface area contributed by atoms with E-state index in [4.69, 9.17) is 5.26 Å². The molecule has 2 atom stereocenters. The molecular formula is C11H16N2O. The van der Waals surface area contributed by atoms with Gasteiger partial charge in [0.15, 0.2) is 0 Å². The Morgan fingerprint density at radius 3 is 2.64 bits per heavy atom. The van der Waals surface area contributed by atoms with Gasteiger partial charge >= 0.3 is 0 Å². The van der Waals surface area contributed by atoms with E-state index in [1.165, 1.54) is 12.8 Å². The summed E-state index contributed by atoms with van der Waals surface area (Å²) in [6, 6.07) is 2.44. The first kappa shape index (κ1) is 9.51. The second kappa shape index (κ2) is 3.27. The van der Waals surface area contributed by atoms with Gasteiger partial charge in [-0.1, -0.05) is 13.3 Å². The lowest BCUT2D eigenvalue weighted by Gasteiger charge is -2.18. The van der Waals surface area contributed by atoms with E-state index in [-0.39, 0.29) is 5.91 Å². The molecule has 0 aromatic heterocycles. The second-order valence-corrected chi connectivity index (χ2v) is 4.68. The molecule has 2 aliphatic rings. The van der Waals surface area contributed by atoms with Crippen LogP contribution in [0.5, 0.6) is 0 Å². The molecule has 2 rings (SSSR count). The van der Waals surface area contributed by atoms with E-state index in [0.29, 0.717) is 12.0 Å². The summed E-state index contributed by atoms with van der Waals surface area (Å²) >= 11 is 0. The third kappa shape index (κ3) is 1.50. The van der Waals surface area contributed by atoms with Crippen molar-refractivity contribution in [1.82, 2.24) is 5.32 Å². The van der Waals surface area contributed by atoms with Crippen LogP contribution in [0, 0.1) is 22.7 Å². The van der Waals surface area contributed by atoms with Gasteiger partial charge in [0, 0.05) is 6.04 Å². The summed E-state index contributed by atoms with van der Waals surface area (Å²) in [5.74, 6) is 0.548. The summed E-state index contributed by atoms with van der Waals surface area (Å²) < 4.78 is 0. The number of hydrogen-bond donors (Lipinski definition) is 1. The predicted molar refractivity (Wildman–Crippen MR) is 52.2 cm³/mol. The summed E-state index contributed by atoms with van der Waals surface area (Å²) in [5.41, 5.74) is -0.650. The molecule has 2 fully saturated rings. The molecule has 0 saturated heterocycles. The molecule has 1 N–H and O–H groups in total. The lowest BCUT2D eigenvalue weighted by atomic mass is 10.0. The van der Waals surface area contributed by atoms with Crippen molar-refractivity contribution in [2.75, 3.05) is 0 Å². The van der Waals surface area contributed by atoms with Crippen molar-refractivity contribution >= 4 is 5.91 Å². The summed E-state index contributed by atoms with van der Waals surface area (Å²) in [4.78, 5) is 11.7. The Hall–Kier alpha value is -1.04. The Kier molecular flexibility index (Phi) is 2.22. The fourth-order valence-corrected chi connectivity index (χ4v) is 2.18. The van der Waals surface area contributed by atoms with Gasteiger partial charge in [-0.25, -0.2) is 0 Å². The number of carbonyl (C=O) groups excluding carboxylic acids is 1. The van der Waals surface area contributed by atoms with Crippen LogP contribution in [0.2, 0.25) is 0 Å². The van der Waals surface area contributed by atoms with Crippen LogP contribution in [0.4, 0.5) is 0 Å². The van der Waals surface area contributed by atoms with Crippen molar-refractivity contribution in [3.8, 4) is 6.07 Å². The first-order chi connectivity index (χ1) is 6.68. The highest BCUT2D eigenvalue weighted by Crippen LogP contribution is 2.45. The molecular weight excluding hydrogens is 176 g/mol. The predicted octanol–water partition coefficient (Wildman–Crippen LogP) is 1.59. The highest BCUT2D eigenvalue weighted by molar-refractivity contribution is 5.88. The van der Waals surface area contributed by atoms with E-state index < -0.39 is 5.41 Å². The zero-order valence-electron chi connectivity index (χ0n) is 8.55. The fraction of sp³-hybridized carbons (Fsp3) is 0.818. The van der Waals surface area contributed by atoms with Crippen LogP contribution in [-0.4, -0.2) is 11.9 Å². The van der Waals surface area contributed by atoms with Gasteiger partial charge in [0.05, 0.1) is 6.07 Å². The van der Waals surface area contributed by atoms with Crippen LogP contribution in [0.3, 0.4) is 0 Å². The van der Waals surface area contributed by atoms with Gasteiger partial charge in [-0.3, -0.25) is 4.79 Å². The molecule has 0 aromatic carbocycles. The van der Waals surface area contributed by atoms with Crippen LogP contribution >= 0.6 is 0 Å². The van der Waals surface area contributed by atoms with Gasteiger partial charge in [0.2, 0.25) is 5.91 Å². The zero-order chi connectivity index (χ0) is 10.2. The molecule has 0 aliphatic heterocycles. The Morgan fingerprint density at radius 1 is 1.50 bits per heavy atom. The Morgan fingerprint density at radius 2 is 2.21 bits per heavy atom. The first-order valence-electron chi connectivity index (χ1n) is 5.40. The van der Waals surface area contributed by atoms with Crippen LogP contribution < -0.4 is 5.32 Å². The summed E-state index contributed by atoms with van der Waals surface area (Å²) in [5, 5.41) is 11.9. The monoisotopic (exact) mass is 192 g/mol. The van der Waals surface area contributed by atoms with E-state index >= 15 is 0 Å².